The van der Waals surface area contributed by atoms with Crippen molar-refractivity contribution in [1.29, 1.82) is 0 Å². The highest BCUT2D eigenvalue weighted by Gasteiger charge is 2.16. The Morgan fingerprint density at radius 2 is 1.75 bits per heavy atom. The summed E-state index contributed by atoms with van der Waals surface area (Å²) in [4.78, 5) is 24.2. The third kappa shape index (κ3) is 5.74. The summed E-state index contributed by atoms with van der Waals surface area (Å²) >= 11 is 1.49. The van der Waals surface area contributed by atoms with Crippen LogP contribution in [0.4, 0.5) is 0 Å². The van der Waals surface area contributed by atoms with Crippen LogP contribution in [0.3, 0.4) is 0 Å². The molecular weight excluding hydrogens is 322 g/mol. The second-order valence-corrected chi connectivity index (χ2v) is 6.53. The molecule has 0 saturated heterocycles. The van der Waals surface area contributed by atoms with E-state index in [1.807, 2.05) is 61.5 Å². The number of thioether (sulfide) groups is 1. The number of nitrogens with one attached hydrogen (secondary N) is 1. The molecule has 5 heteroatoms. The maximum Gasteiger partial charge on any atom is 0.303 e. The van der Waals surface area contributed by atoms with E-state index in [2.05, 4.69) is 5.32 Å². The lowest BCUT2D eigenvalue weighted by Crippen LogP contribution is -2.30. The Labute approximate surface area is 146 Å². The number of carboxylic acids is 1. The lowest BCUT2D eigenvalue weighted by Gasteiger charge is -2.18. The van der Waals surface area contributed by atoms with Gasteiger partial charge in [0, 0.05) is 11.3 Å². The smallest absolute Gasteiger partial charge is 0.303 e. The molecule has 4 nitrogen and oxygen atoms in total. The molecule has 2 N–H and O–H groups in total. The summed E-state index contributed by atoms with van der Waals surface area (Å²) in [5.41, 5.74) is 2.06. The molecule has 1 unspecified atom stereocenters. The van der Waals surface area contributed by atoms with Gasteiger partial charge < -0.3 is 10.4 Å². The summed E-state index contributed by atoms with van der Waals surface area (Å²) in [6, 6.07) is 17.1. The van der Waals surface area contributed by atoms with Gasteiger partial charge in [-0.2, -0.15) is 0 Å². The van der Waals surface area contributed by atoms with E-state index in [9.17, 15) is 9.59 Å². The molecule has 2 aromatic rings. The number of carbonyl (C=O) groups excluding carboxylic acids is 1. The van der Waals surface area contributed by atoms with Crippen molar-refractivity contribution in [2.45, 2.75) is 30.7 Å². The summed E-state index contributed by atoms with van der Waals surface area (Å²) in [6.07, 6.45) is 0.394. The van der Waals surface area contributed by atoms with Gasteiger partial charge in [0.2, 0.25) is 5.91 Å². The molecule has 1 amide bonds. The number of aliphatic carboxylic acids is 1. The van der Waals surface area contributed by atoms with Crippen molar-refractivity contribution < 1.29 is 14.7 Å². The second-order valence-electron chi connectivity index (χ2n) is 5.52. The first-order valence-corrected chi connectivity index (χ1v) is 8.79. The highest BCUT2D eigenvalue weighted by Crippen LogP contribution is 2.23. The number of amides is 1. The Morgan fingerprint density at radius 1 is 1.08 bits per heavy atom. The second kappa shape index (κ2) is 9.13. The topological polar surface area (TPSA) is 66.4 Å². The van der Waals surface area contributed by atoms with Crippen molar-refractivity contribution in [3.05, 3.63) is 65.7 Å². The van der Waals surface area contributed by atoms with Crippen molar-refractivity contribution in [3.8, 4) is 0 Å². The number of carboxylic acid groups (broad SMARTS) is 1. The predicted molar refractivity (Wildman–Crippen MR) is 96.1 cm³/mol. The summed E-state index contributed by atoms with van der Waals surface area (Å²) in [5, 5.41) is 11.9. The summed E-state index contributed by atoms with van der Waals surface area (Å²) in [7, 11) is 0. The van der Waals surface area contributed by atoms with Crippen LogP contribution >= 0.6 is 11.8 Å². The lowest BCUT2D eigenvalue weighted by molar-refractivity contribution is -0.137. The zero-order chi connectivity index (χ0) is 17.4. The van der Waals surface area contributed by atoms with Gasteiger partial charge in [-0.05, 0) is 30.5 Å². The fourth-order valence-electron chi connectivity index (χ4n) is 2.37. The van der Waals surface area contributed by atoms with E-state index in [0.29, 0.717) is 12.2 Å². The normalized spacial score (nSPS) is 11.7. The average molecular weight is 343 g/mol. The van der Waals surface area contributed by atoms with Crippen LogP contribution in [0, 0.1) is 6.92 Å². The van der Waals surface area contributed by atoms with E-state index in [4.69, 9.17) is 5.11 Å². The van der Waals surface area contributed by atoms with E-state index in [1.54, 1.807) is 0 Å². The fourth-order valence-corrected chi connectivity index (χ4v) is 3.21. The van der Waals surface area contributed by atoms with Crippen molar-refractivity contribution >= 4 is 23.6 Å². The largest absolute Gasteiger partial charge is 0.481 e. The number of benzene rings is 2. The van der Waals surface area contributed by atoms with Gasteiger partial charge >= 0.3 is 5.97 Å². The SMILES string of the molecule is Cc1ccccc1SCC(=O)NC(CCC(=O)O)c1ccccc1. The van der Waals surface area contributed by atoms with E-state index in [1.165, 1.54) is 11.8 Å². The fraction of sp³-hybridized carbons (Fsp3) is 0.263. The molecule has 24 heavy (non-hydrogen) atoms. The predicted octanol–water partition coefficient (Wildman–Crippen LogP) is 3.81. The lowest BCUT2D eigenvalue weighted by atomic mass is 10.0. The molecule has 0 fully saturated rings. The Morgan fingerprint density at radius 3 is 2.42 bits per heavy atom. The van der Waals surface area contributed by atoms with Crippen molar-refractivity contribution in [1.82, 2.24) is 5.32 Å². The van der Waals surface area contributed by atoms with Gasteiger partial charge in [0.1, 0.15) is 0 Å². The number of rotatable bonds is 8. The Bertz CT molecular complexity index is 688. The molecule has 0 aliphatic heterocycles. The minimum absolute atomic E-state index is 0.0186. The molecule has 126 valence electrons. The van der Waals surface area contributed by atoms with E-state index in [0.717, 1.165) is 16.0 Å². The monoisotopic (exact) mass is 343 g/mol. The molecule has 0 aromatic heterocycles. The molecule has 2 aromatic carbocycles. The highest BCUT2D eigenvalue weighted by atomic mass is 32.2. The molecule has 1 atom stereocenters. The van der Waals surface area contributed by atoms with E-state index in [-0.39, 0.29) is 18.4 Å². The third-order valence-electron chi connectivity index (χ3n) is 3.64. The molecule has 0 spiro atoms. The van der Waals surface area contributed by atoms with Gasteiger partial charge in [-0.3, -0.25) is 9.59 Å². The minimum Gasteiger partial charge on any atom is -0.481 e. The standard InChI is InChI=1S/C19H21NO3S/c1-14-7-5-6-10-17(14)24-13-18(21)20-16(11-12-19(22)23)15-8-3-2-4-9-15/h2-10,16H,11-13H2,1H3,(H,20,21)(H,22,23). The first-order chi connectivity index (χ1) is 11.6. The third-order valence-corrected chi connectivity index (χ3v) is 4.81. The average Bonchev–Trinajstić information content (AvgIpc) is 2.58. The van der Waals surface area contributed by atoms with Crippen LogP contribution < -0.4 is 5.32 Å². The molecule has 0 aliphatic rings. The molecule has 0 heterocycles. The van der Waals surface area contributed by atoms with Gasteiger partial charge in [0.05, 0.1) is 11.8 Å². The van der Waals surface area contributed by atoms with Crippen molar-refractivity contribution in [3.63, 3.8) is 0 Å². The molecule has 0 bridgehead atoms. The molecule has 2 rings (SSSR count). The maximum absolute atomic E-state index is 12.3. The van der Waals surface area contributed by atoms with Gasteiger partial charge in [0.15, 0.2) is 0 Å². The zero-order valence-corrected chi connectivity index (χ0v) is 14.4. The summed E-state index contributed by atoms with van der Waals surface area (Å²) in [5.74, 6) is -0.650. The van der Waals surface area contributed by atoms with Crippen LogP contribution in [0.15, 0.2) is 59.5 Å². The summed E-state index contributed by atoms with van der Waals surface area (Å²) in [6.45, 7) is 2.01. The van der Waals surface area contributed by atoms with Crippen LogP contribution in [-0.4, -0.2) is 22.7 Å². The maximum atomic E-state index is 12.3. The van der Waals surface area contributed by atoms with Gasteiger partial charge in [-0.1, -0.05) is 48.5 Å². The summed E-state index contributed by atoms with van der Waals surface area (Å²) < 4.78 is 0. The number of carbonyl (C=O) groups is 2. The zero-order valence-electron chi connectivity index (χ0n) is 13.6. The Hall–Kier alpha value is -2.27. The van der Waals surface area contributed by atoms with Gasteiger partial charge in [-0.25, -0.2) is 0 Å². The number of hydrogen-bond acceptors (Lipinski definition) is 3. The molecule has 0 saturated carbocycles. The van der Waals surface area contributed by atoms with Gasteiger partial charge in [-0.15, -0.1) is 11.8 Å². The van der Waals surface area contributed by atoms with Crippen molar-refractivity contribution in [2.75, 3.05) is 5.75 Å². The van der Waals surface area contributed by atoms with E-state index >= 15 is 0 Å². The first kappa shape index (κ1) is 18.1. The van der Waals surface area contributed by atoms with Crippen LogP contribution in [0.25, 0.3) is 0 Å². The van der Waals surface area contributed by atoms with E-state index < -0.39 is 5.97 Å². The highest BCUT2D eigenvalue weighted by molar-refractivity contribution is 8.00. The molecular formula is C19H21NO3S. The molecule has 0 aliphatic carbocycles. The number of aryl methyl sites for hydroxylation is 1. The van der Waals surface area contributed by atoms with Crippen LogP contribution in [0.2, 0.25) is 0 Å². The molecule has 0 radical (unpaired) electrons. The van der Waals surface area contributed by atoms with Crippen LogP contribution in [0.5, 0.6) is 0 Å². The number of hydrogen-bond donors (Lipinski definition) is 2. The van der Waals surface area contributed by atoms with Crippen molar-refractivity contribution in [2.24, 2.45) is 0 Å². The minimum atomic E-state index is -0.862. The Kier molecular flexibility index (Phi) is 6.88. The van der Waals surface area contributed by atoms with Crippen LogP contribution in [0.1, 0.15) is 30.0 Å². The first-order valence-electron chi connectivity index (χ1n) is 7.81. The Balaban J connectivity index is 1.96. The van der Waals surface area contributed by atoms with Gasteiger partial charge in [0.25, 0.3) is 0 Å². The quantitative estimate of drug-likeness (QED) is 0.715. The van der Waals surface area contributed by atoms with Crippen LogP contribution in [-0.2, 0) is 9.59 Å².